The standard InChI is InChI=1S/C5H6N6S/c1-12-4-2-3(6)5-7-9-10-11(5)8-4/h2H,6H2,1H3. The Morgan fingerprint density at radius 3 is 3.17 bits per heavy atom. The number of fused-ring (bicyclic) bond motifs is 1. The molecule has 0 unspecified atom stereocenters. The van der Waals surface area contributed by atoms with Crippen molar-refractivity contribution in [2.24, 2.45) is 0 Å². The van der Waals surface area contributed by atoms with E-state index in [1.165, 1.54) is 16.4 Å². The van der Waals surface area contributed by atoms with E-state index in [9.17, 15) is 0 Å². The number of nitrogens with two attached hydrogens (primary N) is 1. The number of tetrazole rings is 1. The normalized spacial score (nSPS) is 10.8. The molecule has 2 N–H and O–H groups in total. The predicted octanol–water partition coefficient (Wildman–Crippen LogP) is -0.177. The molecule has 0 fully saturated rings. The maximum atomic E-state index is 5.66. The van der Waals surface area contributed by atoms with Crippen molar-refractivity contribution in [2.75, 3.05) is 12.0 Å². The molecular formula is C5H6N6S. The van der Waals surface area contributed by atoms with Gasteiger partial charge in [-0.15, -0.1) is 26.6 Å². The van der Waals surface area contributed by atoms with Gasteiger partial charge in [-0.1, -0.05) is 0 Å². The van der Waals surface area contributed by atoms with Crippen molar-refractivity contribution in [3.05, 3.63) is 6.07 Å². The molecule has 2 rings (SSSR count). The molecular weight excluding hydrogens is 176 g/mol. The molecule has 62 valence electrons. The topological polar surface area (TPSA) is 82.0 Å². The van der Waals surface area contributed by atoms with Gasteiger partial charge in [-0.25, -0.2) is 0 Å². The van der Waals surface area contributed by atoms with E-state index in [2.05, 4.69) is 20.6 Å². The maximum Gasteiger partial charge on any atom is 0.222 e. The van der Waals surface area contributed by atoms with Gasteiger partial charge in [-0.05, 0) is 22.7 Å². The third-order valence-corrected chi connectivity index (χ3v) is 2.01. The second kappa shape index (κ2) is 2.59. The highest BCUT2D eigenvalue weighted by Crippen LogP contribution is 2.16. The lowest BCUT2D eigenvalue weighted by Crippen LogP contribution is -1.99. The minimum Gasteiger partial charge on any atom is -0.395 e. The van der Waals surface area contributed by atoms with Crippen LogP contribution in [0.2, 0.25) is 0 Å². The van der Waals surface area contributed by atoms with Gasteiger partial charge in [0.25, 0.3) is 0 Å². The molecule has 0 aliphatic rings. The summed E-state index contributed by atoms with van der Waals surface area (Å²) in [5.74, 6) is 0. The van der Waals surface area contributed by atoms with Crippen LogP contribution in [0.3, 0.4) is 0 Å². The first-order chi connectivity index (χ1) is 5.81. The quantitative estimate of drug-likeness (QED) is 0.616. The van der Waals surface area contributed by atoms with E-state index in [1.54, 1.807) is 6.07 Å². The number of thioether (sulfide) groups is 1. The fourth-order valence-corrected chi connectivity index (χ4v) is 1.25. The third kappa shape index (κ3) is 0.981. The fourth-order valence-electron chi connectivity index (χ4n) is 0.843. The van der Waals surface area contributed by atoms with E-state index in [1.807, 2.05) is 6.26 Å². The van der Waals surface area contributed by atoms with E-state index in [-0.39, 0.29) is 0 Å². The van der Waals surface area contributed by atoms with E-state index in [0.717, 1.165) is 5.03 Å². The van der Waals surface area contributed by atoms with Gasteiger partial charge in [-0.2, -0.15) is 0 Å². The molecule has 0 atom stereocenters. The zero-order chi connectivity index (χ0) is 8.55. The predicted molar refractivity (Wildman–Crippen MR) is 44.8 cm³/mol. The van der Waals surface area contributed by atoms with Crippen LogP contribution in [-0.4, -0.2) is 31.5 Å². The molecule has 6 nitrogen and oxygen atoms in total. The Balaban J connectivity index is 2.75. The summed E-state index contributed by atoms with van der Waals surface area (Å²) in [5.41, 5.74) is 6.69. The number of anilines is 1. The smallest absolute Gasteiger partial charge is 0.222 e. The van der Waals surface area contributed by atoms with Gasteiger partial charge in [0.2, 0.25) is 5.65 Å². The highest BCUT2D eigenvalue weighted by Gasteiger charge is 2.04. The first-order valence-corrected chi connectivity index (χ1v) is 4.42. The van der Waals surface area contributed by atoms with Crippen LogP contribution in [0.1, 0.15) is 0 Å². The minimum absolute atomic E-state index is 0.493. The summed E-state index contributed by atoms with van der Waals surface area (Å²) >= 11 is 1.49. The molecule has 0 radical (unpaired) electrons. The van der Waals surface area contributed by atoms with Crippen LogP contribution in [0.15, 0.2) is 11.1 Å². The van der Waals surface area contributed by atoms with Gasteiger partial charge in [0, 0.05) is 0 Å². The first-order valence-electron chi connectivity index (χ1n) is 3.20. The van der Waals surface area contributed by atoms with Crippen molar-refractivity contribution in [1.29, 1.82) is 0 Å². The van der Waals surface area contributed by atoms with Crippen LogP contribution in [0, 0.1) is 0 Å². The summed E-state index contributed by atoms with van der Waals surface area (Å²) in [7, 11) is 0. The Labute approximate surface area is 72.1 Å². The summed E-state index contributed by atoms with van der Waals surface area (Å²) in [4.78, 5) is 0. The second-order valence-corrected chi connectivity index (χ2v) is 2.96. The number of hydrogen-bond acceptors (Lipinski definition) is 6. The van der Waals surface area contributed by atoms with Crippen LogP contribution < -0.4 is 5.73 Å². The van der Waals surface area contributed by atoms with Gasteiger partial charge in [0.05, 0.1) is 5.69 Å². The summed E-state index contributed by atoms with van der Waals surface area (Å²) in [6.07, 6.45) is 1.91. The molecule has 0 aliphatic heterocycles. The van der Waals surface area contributed by atoms with Crippen molar-refractivity contribution >= 4 is 23.1 Å². The van der Waals surface area contributed by atoms with Gasteiger partial charge in [0.15, 0.2) is 0 Å². The molecule has 0 saturated carbocycles. The van der Waals surface area contributed by atoms with Crippen LogP contribution in [0.5, 0.6) is 0 Å². The molecule has 0 aliphatic carbocycles. The average Bonchev–Trinajstić information content (AvgIpc) is 2.52. The number of aromatic nitrogens is 5. The molecule has 0 saturated heterocycles. The van der Waals surface area contributed by atoms with Crippen molar-refractivity contribution in [3.8, 4) is 0 Å². The summed E-state index contributed by atoms with van der Waals surface area (Å²) in [6.45, 7) is 0. The van der Waals surface area contributed by atoms with Crippen molar-refractivity contribution in [1.82, 2.24) is 25.3 Å². The van der Waals surface area contributed by atoms with Gasteiger partial charge >= 0.3 is 0 Å². The van der Waals surface area contributed by atoms with Crippen LogP contribution in [0.4, 0.5) is 5.69 Å². The van der Waals surface area contributed by atoms with Gasteiger partial charge in [0.1, 0.15) is 5.03 Å². The van der Waals surface area contributed by atoms with E-state index >= 15 is 0 Å². The minimum atomic E-state index is 0.493. The average molecular weight is 182 g/mol. The Hall–Kier alpha value is -1.37. The van der Waals surface area contributed by atoms with E-state index in [4.69, 9.17) is 5.73 Å². The zero-order valence-electron chi connectivity index (χ0n) is 6.30. The largest absolute Gasteiger partial charge is 0.395 e. The van der Waals surface area contributed by atoms with Crippen molar-refractivity contribution in [2.45, 2.75) is 5.03 Å². The third-order valence-electron chi connectivity index (χ3n) is 1.39. The Bertz CT molecular complexity index is 409. The number of nitrogen functional groups attached to an aromatic ring is 1. The van der Waals surface area contributed by atoms with Crippen molar-refractivity contribution < 1.29 is 0 Å². The number of hydrogen-bond donors (Lipinski definition) is 1. The fraction of sp³-hybridized carbons (Fsp3) is 0.200. The molecule has 7 heteroatoms. The lowest BCUT2D eigenvalue weighted by molar-refractivity contribution is 0.704. The van der Waals surface area contributed by atoms with Gasteiger partial charge < -0.3 is 5.73 Å². The highest BCUT2D eigenvalue weighted by molar-refractivity contribution is 7.98. The molecule has 0 amide bonds. The molecule has 2 aromatic rings. The second-order valence-electron chi connectivity index (χ2n) is 2.13. The summed E-state index contributed by atoms with van der Waals surface area (Å²) < 4.78 is 1.32. The lowest BCUT2D eigenvalue weighted by atomic mass is 10.5. The molecule has 0 bridgehead atoms. The van der Waals surface area contributed by atoms with E-state index < -0.39 is 0 Å². The van der Waals surface area contributed by atoms with Crippen LogP contribution >= 0.6 is 11.8 Å². The van der Waals surface area contributed by atoms with Crippen LogP contribution in [0.25, 0.3) is 5.65 Å². The Kier molecular flexibility index (Phi) is 1.58. The Morgan fingerprint density at radius 1 is 1.58 bits per heavy atom. The molecule has 12 heavy (non-hydrogen) atoms. The molecule has 0 spiro atoms. The van der Waals surface area contributed by atoms with E-state index in [0.29, 0.717) is 11.3 Å². The Morgan fingerprint density at radius 2 is 2.42 bits per heavy atom. The SMILES string of the molecule is CSc1cc(N)c2nnnn2n1. The summed E-state index contributed by atoms with van der Waals surface area (Å²) in [6, 6.07) is 1.75. The zero-order valence-corrected chi connectivity index (χ0v) is 7.12. The highest BCUT2D eigenvalue weighted by atomic mass is 32.2. The monoisotopic (exact) mass is 182 g/mol. The molecule has 2 aromatic heterocycles. The first kappa shape index (κ1) is 7.29. The number of rotatable bonds is 1. The lowest BCUT2D eigenvalue weighted by Gasteiger charge is -1.97. The molecule has 0 aromatic carbocycles. The maximum absolute atomic E-state index is 5.66. The number of nitrogens with zero attached hydrogens (tertiary/aromatic N) is 5. The van der Waals surface area contributed by atoms with Gasteiger partial charge in [-0.3, -0.25) is 0 Å². The summed E-state index contributed by atoms with van der Waals surface area (Å²) in [5, 5.41) is 15.7. The molecule has 2 heterocycles. The van der Waals surface area contributed by atoms with Crippen LogP contribution in [-0.2, 0) is 0 Å². The van der Waals surface area contributed by atoms with Crippen molar-refractivity contribution in [3.63, 3.8) is 0 Å².